The van der Waals surface area contributed by atoms with Gasteiger partial charge in [-0.25, -0.2) is 4.39 Å². The van der Waals surface area contributed by atoms with Crippen molar-refractivity contribution in [2.24, 2.45) is 0 Å². The number of nitrogens with one attached hydrogen (secondary N) is 1. The number of hydrogen-bond donors (Lipinski definition) is 1. The summed E-state index contributed by atoms with van der Waals surface area (Å²) in [5, 5.41) is 2.64. The Labute approximate surface area is 137 Å². The molecule has 1 N–H and O–H groups in total. The van der Waals surface area contributed by atoms with Gasteiger partial charge >= 0.3 is 0 Å². The van der Waals surface area contributed by atoms with Gasteiger partial charge in [-0.05, 0) is 63.8 Å². The first kappa shape index (κ1) is 16.5. The fraction of sp³-hybridized carbons (Fsp3) is 0.235. The molecular weight excluding hydrogens is 349 g/mol. The number of ether oxygens (including phenoxy) is 1. The second-order valence-electron chi connectivity index (χ2n) is 5.19. The Morgan fingerprint density at radius 2 is 1.91 bits per heavy atom. The van der Waals surface area contributed by atoms with E-state index in [2.05, 4.69) is 35.1 Å². The minimum absolute atomic E-state index is 0.114. The van der Waals surface area contributed by atoms with Crippen molar-refractivity contribution in [1.29, 1.82) is 0 Å². The number of carbonyl (C=O) groups is 1. The normalized spacial score (nSPS) is 10.6. The molecule has 0 saturated carbocycles. The van der Waals surface area contributed by atoms with Crippen LogP contribution in [0.2, 0.25) is 0 Å². The number of benzene rings is 2. The maximum atomic E-state index is 12.8. The van der Waals surface area contributed by atoms with Gasteiger partial charge in [-0.3, -0.25) is 4.79 Å². The lowest BCUT2D eigenvalue weighted by atomic mass is 10.0. The summed E-state index contributed by atoms with van der Waals surface area (Å²) in [4.78, 5) is 11.8. The number of hydrogen-bond acceptors (Lipinski definition) is 2. The van der Waals surface area contributed by atoms with Gasteiger partial charge in [0, 0.05) is 5.69 Å². The minimum Gasteiger partial charge on any atom is -0.483 e. The SMILES string of the molecule is CC(C)c1ccc(OCC(=O)Nc2ccc(F)cc2)c(Br)c1. The van der Waals surface area contributed by atoms with E-state index in [4.69, 9.17) is 4.74 Å². The van der Waals surface area contributed by atoms with Crippen LogP contribution in [0.1, 0.15) is 25.3 Å². The zero-order valence-corrected chi connectivity index (χ0v) is 14.0. The molecule has 3 nitrogen and oxygen atoms in total. The number of anilines is 1. The topological polar surface area (TPSA) is 38.3 Å². The Hall–Kier alpha value is -1.88. The van der Waals surface area contributed by atoms with E-state index in [1.807, 2.05) is 18.2 Å². The van der Waals surface area contributed by atoms with E-state index in [-0.39, 0.29) is 18.3 Å². The average Bonchev–Trinajstić information content (AvgIpc) is 2.48. The van der Waals surface area contributed by atoms with Gasteiger partial charge in [0.2, 0.25) is 0 Å². The number of carbonyl (C=O) groups excluding carboxylic acids is 1. The van der Waals surface area contributed by atoms with Crippen LogP contribution in [0.25, 0.3) is 0 Å². The summed E-state index contributed by atoms with van der Waals surface area (Å²) in [5.74, 6) is 0.389. The van der Waals surface area contributed by atoms with Crippen molar-refractivity contribution in [3.05, 3.63) is 58.3 Å². The highest BCUT2D eigenvalue weighted by molar-refractivity contribution is 9.10. The lowest BCUT2D eigenvalue weighted by Crippen LogP contribution is -2.20. The molecule has 2 aromatic rings. The molecule has 2 aromatic carbocycles. The minimum atomic E-state index is -0.344. The molecular formula is C17H17BrFNO2. The molecule has 0 bridgehead atoms. The number of halogens is 2. The van der Waals surface area contributed by atoms with Crippen LogP contribution in [-0.2, 0) is 4.79 Å². The van der Waals surface area contributed by atoms with Crippen LogP contribution in [0.5, 0.6) is 5.75 Å². The fourth-order valence-corrected chi connectivity index (χ4v) is 2.38. The average molecular weight is 366 g/mol. The van der Waals surface area contributed by atoms with Crippen molar-refractivity contribution >= 4 is 27.5 Å². The first-order chi connectivity index (χ1) is 10.5. The van der Waals surface area contributed by atoms with Crippen LogP contribution in [-0.4, -0.2) is 12.5 Å². The lowest BCUT2D eigenvalue weighted by molar-refractivity contribution is -0.118. The van der Waals surface area contributed by atoms with Gasteiger partial charge < -0.3 is 10.1 Å². The van der Waals surface area contributed by atoms with Gasteiger partial charge in [0.15, 0.2) is 6.61 Å². The smallest absolute Gasteiger partial charge is 0.262 e. The molecule has 0 heterocycles. The molecule has 0 unspecified atom stereocenters. The van der Waals surface area contributed by atoms with Gasteiger partial charge in [-0.15, -0.1) is 0 Å². The molecule has 1 amide bonds. The lowest BCUT2D eigenvalue weighted by Gasteiger charge is -2.11. The van der Waals surface area contributed by atoms with E-state index in [0.717, 1.165) is 4.47 Å². The monoisotopic (exact) mass is 365 g/mol. The Morgan fingerprint density at radius 3 is 2.50 bits per heavy atom. The van der Waals surface area contributed by atoms with Crippen molar-refractivity contribution < 1.29 is 13.9 Å². The van der Waals surface area contributed by atoms with Crippen molar-refractivity contribution in [2.45, 2.75) is 19.8 Å². The van der Waals surface area contributed by atoms with Crippen LogP contribution in [0, 0.1) is 5.82 Å². The molecule has 0 radical (unpaired) electrons. The summed E-state index contributed by atoms with van der Waals surface area (Å²) in [5.41, 5.74) is 1.72. The van der Waals surface area contributed by atoms with Crippen molar-refractivity contribution in [3.63, 3.8) is 0 Å². The number of amides is 1. The Kier molecular flexibility index (Phi) is 5.55. The zero-order chi connectivity index (χ0) is 16.1. The van der Waals surface area contributed by atoms with Gasteiger partial charge in [-0.2, -0.15) is 0 Å². The predicted molar refractivity (Wildman–Crippen MR) is 88.8 cm³/mol. The van der Waals surface area contributed by atoms with E-state index >= 15 is 0 Å². The van der Waals surface area contributed by atoms with Crippen LogP contribution in [0.3, 0.4) is 0 Å². The Balaban J connectivity index is 1.92. The van der Waals surface area contributed by atoms with Gasteiger partial charge in [0.05, 0.1) is 4.47 Å². The van der Waals surface area contributed by atoms with E-state index in [0.29, 0.717) is 17.4 Å². The number of rotatable bonds is 5. The first-order valence-electron chi connectivity index (χ1n) is 6.93. The summed E-state index contributed by atoms with van der Waals surface area (Å²) in [6.45, 7) is 4.11. The summed E-state index contributed by atoms with van der Waals surface area (Å²) in [6, 6.07) is 11.4. The van der Waals surface area contributed by atoms with E-state index in [9.17, 15) is 9.18 Å². The largest absolute Gasteiger partial charge is 0.483 e. The van der Waals surface area contributed by atoms with Crippen molar-refractivity contribution in [1.82, 2.24) is 0 Å². The van der Waals surface area contributed by atoms with Crippen LogP contribution >= 0.6 is 15.9 Å². The third-order valence-corrected chi connectivity index (χ3v) is 3.73. The molecule has 0 aromatic heterocycles. The molecule has 0 saturated heterocycles. The standard InChI is InChI=1S/C17H17BrFNO2/c1-11(2)12-3-8-16(15(18)9-12)22-10-17(21)20-14-6-4-13(19)5-7-14/h3-9,11H,10H2,1-2H3,(H,20,21). The highest BCUT2D eigenvalue weighted by atomic mass is 79.9. The summed E-state index contributed by atoms with van der Waals surface area (Å²) in [6.07, 6.45) is 0. The molecule has 0 atom stereocenters. The summed E-state index contributed by atoms with van der Waals surface area (Å²) < 4.78 is 19.1. The van der Waals surface area contributed by atoms with Crippen molar-refractivity contribution in [2.75, 3.05) is 11.9 Å². The molecule has 0 aliphatic carbocycles. The maximum Gasteiger partial charge on any atom is 0.262 e. The molecule has 5 heteroatoms. The third-order valence-electron chi connectivity index (χ3n) is 3.11. The second kappa shape index (κ2) is 7.40. The first-order valence-corrected chi connectivity index (χ1v) is 7.72. The molecule has 0 aliphatic rings. The molecule has 22 heavy (non-hydrogen) atoms. The molecule has 0 spiro atoms. The van der Waals surface area contributed by atoms with E-state index in [1.54, 1.807) is 0 Å². The molecule has 0 aliphatic heterocycles. The quantitative estimate of drug-likeness (QED) is 0.831. The Bertz CT molecular complexity index is 656. The molecule has 2 rings (SSSR count). The van der Waals surface area contributed by atoms with Crippen LogP contribution in [0.15, 0.2) is 46.9 Å². The third kappa shape index (κ3) is 4.56. The van der Waals surface area contributed by atoms with Gasteiger partial charge in [-0.1, -0.05) is 19.9 Å². The van der Waals surface area contributed by atoms with Gasteiger partial charge in [0.25, 0.3) is 5.91 Å². The van der Waals surface area contributed by atoms with E-state index in [1.165, 1.54) is 29.8 Å². The zero-order valence-electron chi connectivity index (χ0n) is 12.4. The Morgan fingerprint density at radius 1 is 1.23 bits per heavy atom. The summed E-state index contributed by atoms with van der Waals surface area (Å²) in [7, 11) is 0. The molecule has 116 valence electrons. The highest BCUT2D eigenvalue weighted by Crippen LogP contribution is 2.28. The highest BCUT2D eigenvalue weighted by Gasteiger charge is 2.08. The predicted octanol–water partition coefficient (Wildman–Crippen LogP) is 4.73. The summed E-state index contributed by atoms with van der Waals surface area (Å²) >= 11 is 3.44. The second-order valence-corrected chi connectivity index (χ2v) is 6.04. The van der Waals surface area contributed by atoms with Crippen LogP contribution < -0.4 is 10.1 Å². The fourth-order valence-electron chi connectivity index (χ4n) is 1.87. The molecule has 0 fully saturated rings. The van der Waals surface area contributed by atoms with E-state index < -0.39 is 0 Å². The van der Waals surface area contributed by atoms with Crippen molar-refractivity contribution in [3.8, 4) is 5.75 Å². The maximum absolute atomic E-state index is 12.8. The van der Waals surface area contributed by atoms with Gasteiger partial charge in [0.1, 0.15) is 11.6 Å². The van der Waals surface area contributed by atoms with Crippen LogP contribution in [0.4, 0.5) is 10.1 Å².